The van der Waals surface area contributed by atoms with E-state index < -0.39 is 0 Å². The van der Waals surface area contributed by atoms with Gasteiger partial charge >= 0.3 is 4.90 Å². The first-order chi connectivity index (χ1) is 6.29. The highest BCUT2D eigenvalue weighted by Crippen LogP contribution is 2.18. The van der Waals surface area contributed by atoms with Crippen molar-refractivity contribution in [2.24, 2.45) is 0 Å². The summed E-state index contributed by atoms with van der Waals surface area (Å²) in [6.07, 6.45) is 0. The lowest BCUT2D eigenvalue weighted by molar-refractivity contribution is 0.185. The molecule has 1 aromatic carbocycles. The third kappa shape index (κ3) is 1.64. The number of benzene rings is 1. The molecule has 0 spiro atoms. The van der Waals surface area contributed by atoms with E-state index in [2.05, 4.69) is 0 Å². The van der Waals surface area contributed by atoms with E-state index in [1.165, 1.54) is 0 Å². The molecule has 3 nitrogen and oxygen atoms in total. The molecule has 2 rings (SSSR count). The highest BCUT2D eigenvalue weighted by atomic mass is 32.1. The van der Waals surface area contributed by atoms with Gasteiger partial charge in [-0.05, 0) is 17.7 Å². The molecule has 0 aliphatic carbocycles. The Kier molecular flexibility index (Phi) is 2.16. The van der Waals surface area contributed by atoms with Gasteiger partial charge in [0.05, 0.1) is 6.61 Å². The largest absolute Gasteiger partial charge is 0.413 e. The van der Waals surface area contributed by atoms with Gasteiger partial charge in [0.2, 0.25) is 0 Å². The van der Waals surface area contributed by atoms with Crippen LogP contribution in [0.4, 0.5) is 0 Å². The Hall–Kier alpha value is -1.13. The highest BCUT2D eigenvalue weighted by molar-refractivity contribution is 7.71. The van der Waals surface area contributed by atoms with Gasteiger partial charge in [-0.2, -0.15) is 0 Å². The van der Waals surface area contributed by atoms with Crippen molar-refractivity contribution < 1.29 is 13.6 Å². The molecule has 0 bridgehead atoms. The first-order valence-corrected chi connectivity index (χ1v) is 4.22. The summed E-state index contributed by atoms with van der Waals surface area (Å²) >= 11 is 4.76. The molecule has 0 saturated carbocycles. The minimum absolute atomic E-state index is 0.157. The minimum Gasteiger partial charge on any atom is -0.413 e. The summed E-state index contributed by atoms with van der Waals surface area (Å²) in [7, 11) is 1.65. The molecule has 4 heteroatoms. The van der Waals surface area contributed by atoms with Crippen LogP contribution in [0.3, 0.4) is 0 Å². The summed E-state index contributed by atoms with van der Waals surface area (Å²) in [6, 6.07) is 5.60. The Morgan fingerprint density at radius 3 is 2.85 bits per heavy atom. The smallest absolute Gasteiger partial charge is 0.363 e. The van der Waals surface area contributed by atoms with Crippen molar-refractivity contribution in [2.75, 3.05) is 7.11 Å². The molecule has 0 radical (unpaired) electrons. The zero-order valence-corrected chi connectivity index (χ0v) is 7.89. The van der Waals surface area contributed by atoms with Crippen molar-refractivity contribution in [3.8, 4) is 0 Å². The van der Waals surface area contributed by atoms with Crippen LogP contribution in [0, 0.1) is 4.90 Å². The monoisotopic (exact) mass is 196 g/mol. The average molecular weight is 196 g/mol. The van der Waals surface area contributed by atoms with Crippen LogP contribution in [-0.2, 0) is 11.3 Å². The molecule has 2 aromatic rings. The van der Waals surface area contributed by atoms with E-state index in [1.54, 1.807) is 7.11 Å². The lowest BCUT2D eigenvalue weighted by atomic mass is 10.2. The second-order valence-corrected chi connectivity index (χ2v) is 3.00. The Morgan fingerprint density at radius 1 is 1.31 bits per heavy atom. The van der Waals surface area contributed by atoms with E-state index in [9.17, 15) is 0 Å². The Morgan fingerprint density at radius 2 is 2.08 bits per heavy atom. The summed E-state index contributed by atoms with van der Waals surface area (Å²) in [4.78, 5) is 0.157. The van der Waals surface area contributed by atoms with Crippen LogP contribution in [-0.4, -0.2) is 7.11 Å². The number of rotatable bonds is 2. The predicted molar refractivity (Wildman–Crippen MR) is 50.0 cm³/mol. The van der Waals surface area contributed by atoms with Crippen molar-refractivity contribution in [2.45, 2.75) is 6.61 Å². The normalized spacial score (nSPS) is 10.8. The van der Waals surface area contributed by atoms with Crippen LogP contribution in [0.15, 0.2) is 27.0 Å². The summed E-state index contributed by atoms with van der Waals surface area (Å²) < 4.78 is 15.2. The topological polar surface area (TPSA) is 35.5 Å². The molecule has 0 unspecified atom stereocenters. The van der Waals surface area contributed by atoms with Gasteiger partial charge < -0.3 is 13.6 Å². The van der Waals surface area contributed by atoms with E-state index in [1.807, 2.05) is 18.2 Å². The fourth-order valence-electron chi connectivity index (χ4n) is 1.17. The van der Waals surface area contributed by atoms with E-state index in [-0.39, 0.29) is 4.90 Å². The highest BCUT2D eigenvalue weighted by Gasteiger charge is 2.01. The minimum atomic E-state index is 0.157. The molecule has 1 heterocycles. The molecule has 0 saturated heterocycles. The second-order valence-electron chi connectivity index (χ2n) is 2.67. The van der Waals surface area contributed by atoms with Gasteiger partial charge in [0.1, 0.15) is 0 Å². The Bertz CT molecular complexity index is 469. The molecule has 68 valence electrons. The van der Waals surface area contributed by atoms with Gasteiger partial charge in [0, 0.05) is 19.3 Å². The maximum Gasteiger partial charge on any atom is 0.363 e. The third-order valence-corrected chi connectivity index (χ3v) is 1.87. The van der Waals surface area contributed by atoms with Crippen molar-refractivity contribution in [3.05, 3.63) is 28.7 Å². The molecule has 0 aliphatic heterocycles. The van der Waals surface area contributed by atoms with Crippen LogP contribution in [0.5, 0.6) is 0 Å². The fourth-order valence-corrected chi connectivity index (χ4v) is 1.35. The quantitative estimate of drug-likeness (QED) is 0.692. The zero-order valence-electron chi connectivity index (χ0n) is 7.07. The van der Waals surface area contributed by atoms with Gasteiger partial charge in [0.15, 0.2) is 11.2 Å². The number of methoxy groups -OCH3 is 1. The third-order valence-electron chi connectivity index (χ3n) is 1.71. The lowest BCUT2D eigenvalue weighted by Gasteiger charge is -1.96. The van der Waals surface area contributed by atoms with Gasteiger partial charge in [-0.15, -0.1) is 0 Å². The SMILES string of the molecule is COCc1ccc2oc(=S)oc2c1. The summed E-state index contributed by atoms with van der Waals surface area (Å²) in [5.74, 6) is 0. The summed E-state index contributed by atoms with van der Waals surface area (Å²) in [5.41, 5.74) is 2.37. The molecule has 0 N–H and O–H groups in total. The van der Waals surface area contributed by atoms with Crippen molar-refractivity contribution in [1.29, 1.82) is 0 Å². The molecule has 0 amide bonds. The van der Waals surface area contributed by atoms with Gasteiger partial charge in [0.25, 0.3) is 0 Å². The number of hydrogen-bond acceptors (Lipinski definition) is 4. The van der Waals surface area contributed by atoms with E-state index in [0.29, 0.717) is 17.8 Å². The van der Waals surface area contributed by atoms with Crippen LogP contribution >= 0.6 is 12.2 Å². The maximum atomic E-state index is 5.15. The predicted octanol–water partition coefficient (Wildman–Crippen LogP) is 2.90. The maximum absolute atomic E-state index is 5.15. The number of fused-ring (bicyclic) bond motifs is 1. The van der Waals surface area contributed by atoms with Gasteiger partial charge in [-0.25, -0.2) is 0 Å². The fraction of sp³-hybridized carbons (Fsp3) is 0.222. The standard InChI is InChI=1S/C9H8O3S/c1-10-5-6-2-3-7-8(4-6)12-9(13)11-7/h2-4H,5H2,1H3. The molecular weight excluding hydrogens is 188 g/mol. The molecule has 1 aromatic heterocycles. The van der Waals surface area contributed by atoms with Crippen LogP contribution < -0.4 is 0 Å². The first-order valence-electron chi connectivity index (χ1n) is 3.81. The average Bonchev–Trinajstić information content (AvgIpc) is 2.44. The first kappa shape index (κ1) is 8.47. The van der Waals surface area contributed by atoms with Crippen LogP contribution in [0.2, 0.25) is 0 Å². The van der Waals surface area contributed by atoms with Crippen molar-refractivity contribution >= 4 is 23.4 Å². The van der Waals surface area contributed by atoms with Crippen molar-refractivity contribution in [3.63, 3.8) is 0 Å². The molecule has 0 aliphatic rings. The molecule has 0 atom stereocenters. The van der Waals surface area contributed by atoms with E-state index >= 15 is 0 Å². The summed E-state index contributed by atoms with van der Waals surface area (Å²) in [6.45, 7) is 0.559. The Labute approximate surface area is 79.9 Å². The number of ether oxygens (including phenoxy) is 1. The molecule has 0 fully saturated rings. The van der Waals surface area contributed by atoms with Crippen LogP contribution in [0.1, 0.15) is 5.56 Å². The van der Waals surface area contributed by atoms with E-state index in [4.69, 9.17) is 25.8 Å². The second kappa shape index (κ2) is 3.32. The Balaban J connectivity index is 2.54. The van der Waals surface area contributed by atoms with Gasteiger partial charge in [-0.1, -0.05) is 6.07 Å². The zero-order chi connectivity index (χ0) is 9.26. The summed E-state index contributed by atoms with van der Waals surface area (Å²) in [5, 5.41) is 0. The van der Waals surface area contributed by atoms with E-state index in [0.717, 1.165) is 5.56 Å². The van der Waals surface area contributed by atoms with Crippen LogP contribution in [0.25, 0.3) is 11.2 Å². The molecular formula is C9H8O3S. The number of hydrogen-bond donors (Lipinski definition) is 0. The lowest BCUT2D eigenvalue weighted by Crippen LogP contribution is -1.85. The van der Waals surface area contributed by atoms with Gasteiger partial charge in [-0.3, -0.25) is 0 Å². The molecule has 13 heavy (non-hydrogen) atoms. The van der Waals surface area contributed by atoms with Crippen molar-refractivity contribution in [1.82, 2.24) is 0 Å².